The fourth-order valence-corrected chi connectivity index (χ4v) is 2.07. The minimum absolute atomic E-state index is 0.255. The van der Waals surface area contributed by atoms with Crippen LogP contribution in [0.1, 0.15) is 17.5 Å². The highest BCUT2D eigenvalue weighted by Gasteiger charge is 2.21. The SMILES string of the molecule is N#Cc1ccccc1NC(=O)CC(NCc1cccnc1)C(=O)O. The van der Waals surface area contributed by atoms with Crippen molar-refractivity contribution in [1.29, 1.82) is 5.26 Å². The summed E-state index contributed by atoms with van der Waals surface area (Å²) < 4.78 is 0. The maximum atomic E-state index is 12.1. The normalized spacial score (nSPS) is 11.3. The van der Waals surface area contributed by atoms with E-state index in [9.17, 15) is 14.7 Å². The third-order valence-corrected chi connectivity index (χ3v) is 3.28. The Morgan fingerprint density at radius 3 is 2.71 bits per heavy atom. The summed E-state index contributed by atoms with van der Waals surface area (Å²) in [7, 11) is 0. The van der Waals surface area contributed by atoms with Crippen LogP contribution < -0.4 is 10.6 Å². The maximum absolute atomic E-state index is 12.1. The van der Waals surface area contributed by atoms with Gasteiger partial charge in [-0.2, -0.15) is 5.26 Å². The van der Waals surface area contributed by atoms with E-state index in [2.05, 4.69) is 15.6 Å². The second kappa shape index (κ2) is 8.41. The molecule has 1 heterocycles. The van der Waals surface area contributed by atoms with Crippen molar-refractivity contribution < 1.29 is 14.7 Å². The average Bonchev–Trinajstić information content (AvgIpc) is 2.59. The molecule has 1 aromatic carbocycles. The molecule has 0 aliphatic carbocycles. The Morgan fingerprint density at radius 1 is 1.25 bits per heavy atom. The van der Waals surface area contributed by atoms with Crippen LogP contribution >= 0.6 is 0 Å². The first-order valence-electron chi connectivity index (χ1n) is 7.24. The van der Waals surface area contributed by atoms with Crippen LogP contribution in [0.25, 0.3) is 0 Å². The van der Waals surface area contributed by atoms with Crippen LogP contribution in [0.2, 0.25) is 0 Å². The molecule has 7 nitrogen and oxygen atoms in total. The number of pyridine rings is 1. The van der Waals surface area contributed by atoms with Gasteiger partial charge in [0.25, 0.3) is 0 Å². The first-order chi connectivity index (χ1) is 11.6. The predicted octanol–water partition coefficient (Wildman–Crippen LogP) is 1.52. The Balaban J connectivity index is 1.96. The second-order valence-corrected chi connectivity index (χ2v) is 5.04. The molecule has 0 aliphatic rings. The molecule has 1 aromatic heterocycles. The lowest BCUT2D eigenvalue weighted by Gasteiger charge is -2.14. The molecule has 3 N–H and O–H groups in total. The van der Waals surface area contributed by atoms with E-state index in [1.807, 2.05) is 12.1 Å². The molecule has 0 saturated carbocycles. The topological polar surface area (TPSA) is 115 Å². The standard InChI is InChI=1S/C17H16N4O3/c18-9-13-5-1-2-6-14(13)21-16(22)8-15(17(23)24)20-11-12-4-3-7-19-10-12/h1-7,10,15,20H,8,11H2,(H,21,22)(H,23,24). The van der Waals surface area contributed by atoms with Crippen LogP contribution in [0.15, 0.2) is 48.8 Å². The lowest BCUT2D eigenvalue weighted by molar-refractivity contribution is -0.141. The number of carbonyl (C=O) groups is 2. The number of para-hydroxylation sites is 1. The predicted molar refractivity (Wildman–Crippen MR) is 86.9 cm³/mol. The average molecular weight is 324 g/mol. The Hall–Kier alpha value is -3.24. The number of aliphatic carboxylic acids is 1. The molecule has 0 aliphatic heterocycles. The summed E-state index contributed by atoms with van der Waals surface area (Å²) in [6.07, 6.45) is 2.99. The summed E-state index contributed by atoms with van der Waals surface area (Å²) in [5, 5.41) is 23.6. The van der Waals surface area contributed by atoms with E-state index in [-0.39, 0.29) is 13.0 Å². The number of nitrogens with one attached hydrogen (secondary N) is 2. The van der Waals surface area contributed by atoms with Gasteiger partial charge in [0.05, 0.1) is 17.7 Å². The lowest BCUT2D eigenvalue weighted by Crippen LogP contribution is -2.39. The number of benzene rings is 1. The number of hydrogen-bond acceptors (Lipinski definition) is 5. The van der Waals surface area contributed by atoms with Crippen molar-refractivity contribution in [2.24, 2.45) is 0 Å². The Labute approximate surface area is 139 Å². The maximum Gasteiger partial charge on any atom is 0.321 e. The molecule has 2 rings (SSSR count). The van der Waals surface area contributed by atoms with Gasteiger partial charge in [-0.1, -0.05) is 18.2 Å². The first kappa shape index (κ1) is 17.1. The van der Waals surface area contributed by atoms with E-state index in [1.54, 1.807) is 42.7 Å². The Morgan fingerprint density at radius 2 is 2.04 bits per heavy atom. The van der Waals surface area contributed by atoms with Gasteiger partial charge in [0.2, 0.25) is 5.91 Å². The molecule has 0 radical (unpaired) electrons. The third-order valence-electron chi connectivity index (χ3n) is 3.28. The van der Waals surface area contributed by atoms with Gasteiger partial charge >= 0.3 is 5.97 Å². The molecule has 0 bridgehead atoms. The van der Waals surface area contributed by atoms with Crippen molar-refractivity contribution in [1.82, 2.24) is 10.3 Å². The summed E-state index contributed by atoms with van der Waals surface area (Å²) in [5.74, 6) is -1.61. The minimum atomic E-state index is -1.12. The van der Waals surface area contributed by atoms with Gasteiger partial charge in [0.1, 0.15) is 12.1 Å². The monoisotopic (exact) mass is 324 g/mol. The van der Waals surface area contributed by atoms with Gasteiger partial charge in [-0.3, -0.25) is 19.9 Å². The van der Waals surface area contributed by atoms with Crippen LogP contribution in [-0.2, 0) is 16.1 Å². The molecule has 1 atom stereocenters. The van der Waals surface area contributed by atoms with Crippen molar-refractivity contribution in [2.45, 2.75) is 19.0 Å². The fraction of sp³-hybridized carbons (Fsp3) is 0.176. The molecular weight excluding hydrogens is 308 g/mol. The first-order valence-corrected chi connectivity index (χ1v) is 7.24. The number of anilines is 1. The third kappa shape index (κ3) is 4.90. The van der Waals surface area contributed by atoms with Crippen molar-refractivity contribution in [3.63, 3.8) is 0 Å². The molecule has 0 spiro atoms. The van der Waals surface area contributed by atoms with Crippen molar-refractivity contribution in [3.8, 4) is 6.07 Å². The van der Waals surface area contributed by atoms with Crippen LogP contribution in [0, 0.1) is 11.3 Å². The van der Waals surface area contributed by atoms with E-state index in [1.165, 1.54) is 0 Å². The summed E-state index contributed by atoms with van der Waals surface area (Å²) in [6.45, 7) is 0.285. The summed E-state index contributed by atoms with van der Waals surface area (Å²) in [4.78, 5) is 27.3. The van der Waals surface area contributed by atoms with Crippen LogP contribution in [-0.4, -0.2) is 28.0 Å². The number of nitrogens with zero attached hydrogens (tertiary/aromatic N) is 2. The molecular formula is C17H16N4O3. The molecule has 2 aromatic rings. The van der Waals surface area contributed by atoms with Gasteiger partial charge in [-0.15, -0.1) is 0 Å². The molecule has 122 valence electrons. The van der Waals surface area contributed by atoms with Crippen LogP contribution in [0.3, 0.4) is 0 Å². The van der Waals surface area contributed by atoms with Crippen LogP contribution in [0.4, 0.5) is 5.69 Å². The summed E-state index contributed by atoms with van der Waals surface area (Å²) in [6, 6.07) is 11.0. The highest BCUT2D eigenvalue weighted by molar-refractivity contribution is 5.95. The number of carboxylic acids is 1. The van der Waals surface area contributed by atoms with E-state index >= 15 is 0 Å². The number of carbonyl (C=O) groups excluding carboxylic acids is 1. The van der Waals surface area contributed by atoms with E-state index < -0.39 is 17.9 Å². The van der Waals surface area contributed by atoms with Crippen molar-refractivity contribution in [2.75, 3.05) is 5.32 Å². The molecule has 24 heavy (non-hydrogen) atoms. The van der Waals surface area contributed by atoms with Crippen LogP contribution in [0.5, 0.6) is 0 Å². The number of hydrogen-bond donors (Lipinski definition) is 3. The highest BCUT2D eigenvalue weighted by Crippen LogP contribution is 2.14. The molecule has 1 amide bonds. The summed E-state index contributed by atoms with van der Waals surface area (Å²) in [5.41, 5.74) is 1.50. The Kier molecular flexibility index (Phi) is 6.00. The molecule has 1 unspecified atom stereocenters. The van der Waals surface area contributed by atoms with Gasteiger partial charge in [-0.25, -0.2) is 0 Å². The van der Waals surface area contributed by atoms with Crippen molar-refractivity contribution in [3.05, 3.63) is 59.9 Å². The number of aromatic nitrogens is 1. The molecule has 7 heteroatoms. The van der Waals surface area contributed by atoms with E-state index in [4.69, 9.17) is 5.26 Å². The van der Waals surface area contributed by atoms with Gasteiger partial charge in [0.15, 0.2) is 0 Å². The number of carboxylic acid groups (broad SMARTS) is 1. The van der Waals surface area contributed by atoms with Gasteiger partial charge in [-0.05, 0) is 23.8 Å². The van der Waals surface area contributed by atoms with E-state index in [0.29, 0.717) is 11.3 Å². The molecule has 0 fully saturated rings. The van der Waals surface area contributed by atoms with Gasteiger partial charge in [0, 0.05) is 18.9 Å². The largest absolute Gasteiger partial charge is 0.480 e. The Bertz CT molecular complexity index is 756. The van der Waals surface area contributed by atoms with Crippen molar-refractivity contribution >= 4 is 17.6 Å². The number of nitriles is 1. The second-order valence-electron chi connectivity index (χ2n) is 5.04. The zero-order valence-corrected chi connectivity index (χ0v) is 12.8. The zero-order valence-electron chi connectivity index (χ0n) is 12.8. The quantitative estimate of drug-likeness (QED) is 0.711. The zero-order chi connectivity index (χ0) is 17.4. The lowest BCUT2D eigenvalue weighted by atomic mass is 10.1. The summed E-state index contributed by atoms with van der Waals surface area (Å²) >= 11 is 0. The fourth-order valence-electron chi connectivity index (χ4n) is 2.07. The number of rotatable bonds is 7. The van der Waals surface area contributed by atoms with Gasteiger partial charge < -0.3 is 10.4 Å². The number of amides is 1. The molecule has 0 saturated heterocycles. The smallest absolute Gasteiger partial charge is 0.321 e. The highest BCUT2D eigenvalue weighted by atomic mass is 16.4. The minimum Gasteiger partial charge on any atom is -0.480 e. The van der Waals surface area contributed by atoms with E-state index in [0.717, 1.165) is 5.56 Å².